The molecule has 1 heterocycles. The van der Waals surface area contributed by atoms with Crippen LogP contribution in [0.5, 0.6) is 0 Å². The van der Waals surface area contributed by atoms with Crippen molar-refractivity contribution in [2.24, 2.45) is 0 Å². The summed E-state index contributed by atoms with van der Waals surface area (Å²) in [5, 5.41) is 6.11. The van der Waals surface area contributed by atoms with Crippen molar-refractivity contribution in [3.63, 3.8) is 0 Å². The summed E-state index contributed by atoms with van der Waals surface area (Å²) < 4.78 is 6.29. The second kappa shape index (κ2) is 13.7. The molecule has 55 heavy (non-hydrogen) atoms. The molecule has 0 saturated carbocycles. The van der Waals surface area contributed by atoms with E-state index in [0.717, 1.165) is 44.9 Å². The minimum atomic E-state index is 0.922. The first-order chi connectivity index (χ1) is 27.1. The summed E-state index contributed by atoms with van der Waals surface area (Å²) in [6, 6.07) is 74.1. The minimum absolute atomic E-state index is 0.922. The molecule has 0 fully saturated rings. The van der Waals surface area contributed by atoms with Crippen molar-refractivity contribution in [3.05, 3.63) is 212 Å². The monoisotopic (exact) mass is 703 g/mol. The molecule has 0 bridgehead atoms. The molecule has 10 aromatic rings. The van der Waals surface area contributed by atoms with Crippen molar-refractivity contribution < 1.29 is 4.42 Å². The molecule has 2 heteroatoms. The third kappa shape index (κ3) is 6.14. The van der Waals surface area contributed by atoms with Gasteiger partial charge in [0.2, 0.25) is 0 Å². The summed E-state index contributed by atoms with van der Waals surface area (Å²) in [5.41, 5.74) is 13.6. The van der Waals surface area contributed by atoms with Gasteiger partial charge in [0.1, 0.15) is 11.3 Å². The molecule has 1 aromatic heterocycles. The Kier molecular flexibility index (Phi) is 8.08. The van der Waals surface area contributed by atoms with Crippen molar-refractivity contribution in [2.75, 3.05) is 4.90 Å². The van der Waals surface area contributed by atoms with Gasteiger partial charge in [0.25, 0.3) is 0 Å². The van der Waals surface area contributed by atoms with Gasteiger partial charge in [-0.3, -0.25) is 0 Å². The molecule has 0 aliphatic carbocycles. The van der Waals surface area contributed by atoms with Crippen molar-refractivity contribution in [1.82, 2.24) is 0 Å². The summed E-state index contributed by atoms with van der Waals surface area (Å²) >= 11 is 0. The van der Waals surface area contributed by atoms with E-state index in [0.29, 0.717) is 0 Å². The van der Waals surface area contributed by atoms with Crippen molar-refractivity contribution in [2.45, 2.75) is 6.92 Å². The van der Waals surface area contributed by atoms with Crippen LogP contribution in [-0.2, 0) is 0 Å². The molecule has 0 spiro atoms. The van der Waals surface area contributed by atoms with Crippen LogP contribution in [0.3, 0.4) is 0 Å². The highest BCUT2D eigenvalue weighted by Crippen LogP contribution is 2.39. The Morgan fingerprint density at radius 3 is 1.42 bits per heavy atom. The molecule has 0 N–H and O–H groups in total. The third-order valence-corrected chi connectivity index (χ3v) is 10.8. The third-order valence-electron chi connectivity index (χ3n) is 10.8. The number of furan rings is 1. The molecule has 0 aliphatic heterocycles. The zero-order valence-electron chi connectivity index (χ0n) is 30.5. The van der Waals surface area contributed by atoms with Crippen LogP contribution in [0.1, 0.15) is 5.56 Å². The van der Waals surface area contributed by atoms with Crippen LogP contribution in [0.15, 0.2) is 211 Å². The largest absolute Gasteiger partial charge is 0.456 e. The van der Waals surface area contributed by atoms with E-state index in [1.165, 1.54) is 54.9 Å². The van der Waals surface area contributed by atoms with Crippen LogP contribution in [0.25, 0.3) is 77.2 Å². The minimum Gasteiger partial charge on any atom is -0.456 e. The SMILES string of the molecule is Cc1c(-c2cccc(-c3ccc(-c4ccc(N(c5ccc(-c6ccc7ccccc7c6)cc5)c5ccc6ccccc6c5)cc4)cc3)c2)oc2ccccc12. The molecular formula is C53H37NO. The van der Waals surface area contributed by atoms with Crippen molar-refractivity contribution >= 4 is 49.6 Å². The van der Waals surface area contributed by atoms with Gasteiger partial charge in [-0.05, 0) is 116 Å². The molecule has 0 aliphatic rings. The van der Waals surface area contributed by atoms with Gasteiger partial charge < -0.3 is 9.32 Å². The standard InChI is InChI=1S/C53H37NO/c1-36-51-15-6-7-16-52(51)55-53(36)47-14-8-13-44(34-47)41-19-17-39(18-20-41)40-23-28-48(29-24-40)54(50-32-27-38-10-3-5-12-45(38)35-50)49-30-25-42(26-31-49)46-22-21-37-9-2-4-11-43(37)33-46/h2-35H,1H3. The summed E-state index contributed by atoms with van der Waals surface area (Å²) in [4.78, 5) is 2.35. The number of benzene rings is 9. The number of hydrogen-bond acceptors (Lipinski definition) is 2. The molecule has 0 saturated heterocycles. The fourth-order valence-electron chi connectivity index (χ4n) is 7.88. The zero-order valence-corrected chi connectivity index (χ0v) is 30.5. The molecule has 0 radical (unpaired) electrons. The van der Waals surface area contributed by atoms with Crippen LogP contribution in [-0.4, -0.2) is 0 Å². The first-order valence-electron chi connectivity index (χ1n) is 18.8. The Balaban J connectivity index is 0.953. The van der Waals surface area contributed by atoms with E-state index in [2.05, 4.69) is 206 Å². The fraction of sp³-hybridized carbons (Fsp3) is 0.0189. The van der Waals surface area contributed by atoms with Crippen LogP contribution >= 0.6 is 0 Å². The number of nitrogens with zero attached hydrogens (tertiary/aromatic N) is 1. The Labute approximate surface area is 321 Å². The average molecular weight is 704 g/mol. The number of rotatable bonds is 7. The quantitative estimate of drug-likeness (QED) is 0.164. The van der Waals surface area contributed by atoms with E-state index in [-0.39, 0.29) is 0 Å². The van der Waals surface area contributed by atoms with Crippen LogP contribution in [0.4, 0.5) is 17.1 Å². The zero-order chi connectivity index (χ0) is 36.7. The van der Waals surface area contributed by atoms with E-state index in [4.69, 9.17) is 4.42 Å². The molecule has 2 nitrogen and oxygen atoms in total. The predicted molar refractivity (Wildman–Crippen MR) is 232 cm³/mol. The number of para-hydroxylation sites is 1. The lowest BCUT2D eigenvalue weighted by atomic mass is 9.97. The predicted octanol–water partition coefficient (Wildman–Crippen LogP) is 15.2. The van der Waals surface area contributed by atoms with Gasteiger partial charge in [-0.15, -0.1) is 0 Å². The highest BCUT2D eigenvalue weighted by molar-refractivity contribution is 5.91. The summed E-state index contributed by atoms with van der Waals surface area (Å²) in [6.07, 6.45) is 0. The van der Waals surface area contributed by atoms with Gasteiger partial charge in [0.05, 0.1) is 0 Å². The van der Waals surface area contributed by atoms with E-state index in [9.17, 15) is 0 Å². The summed E-state index contributed by atoms with van der Waals surface area (Å²) in [5.74, 6) is 0.929. The van der Waals surface area contributed by atoms with E-state index < -0.39 is 0 Å². The Morgan fingerprint density at radius 2 is 0.782 bits per heavy atom. The van der Waals surface area contributed by atoms with Crippen molar-refractivity contribution in [3.8, 4) is 44.7 Å². The second-order valence-electron chi connectivity index (χ2n) is 14.2. The lowest BCUT2D eigenvalue weighted by molar-refractivity contribution is 0.629. The maximum Gasteiger partial charge on any atom is 0.138 e. The fourth-order valence-corrected chi connectivity index (χ4v) is 7.88. The van der Waals surface area contributed by atoms with Gasteiger partial charge in [0, 0.05) is 33.6 Å². The average Bonchev–Trinajstić information content (AvgIpc) is 3.60. The Hall–Kier alpha value is -7.16. The van der Waals surface area contributed by atoms with Gasteiger partial charge in [0.15, 0.2) is 0 Å². The van der Waals surface area contributed by atoms with E-state index in [1.54, 1.807) is 0 Å². The first kappa shape index (κ1) is 32.5. The normalized spacial score (nSPS) is 11.4. The van der Waals surface area contributed by atoms with Gasteiger partial charge >= 0.3 is 0 Å². The first-order valence-corrected chi connectivity index (χ1v) is 18.8. The number of fused-ring (bicyclic) bond motifs is 3. The maximum absolute atomic E-state index is 6.29. The molecule has 0 amide bonds. The number of aryl methyl sites for hydroxylation is 1. The molecular weight excluding hydrogens is 667 g/mol. The molecule has 0 unspecified atom stereocenters. The van der Waals surface area contributed by atoms with Gasteiger partial charge in [-0.1, -0.05) is 152 Å². The lowest BCUT2D eigenvalue weighted by Gasteiger charge is -2.26. The molecule has 0 atom stereocenters. The Bertz CT molecular complexity index is 2970. The second-order valence-corrected chi connectivity index (χ2v) is 14.2. The van der Waals surface area contributed by atoms with Crippen LogP contribution in [0.2, 0.25) is 0 Å². The van der Waals surface area contributed by atoms with Crippen molar-refractivity contribution in [1.29, 1.82) is 0 Å². The molecule has 260 valence electrons. The maximum atomic E-state index is 6.29. The summed E-state index contributed by atoms with van der Waals surface area (Å²) in [7, 11) is 0. The van der Waals surface area contributed by atoms with Crippen LogP contribution < -0.4 is 4.90 Å². The highest BCUT2D eigenvalue weighted by Gasteiger charge is 2.15. The van der Waals surface area contributed by atoms with Gasteiger partial charge in [-0.2, -0.15) is 0 Å². The topological polar surface area (TPSA) is 16.4 Å². The van der Waals surface area contributed by atoms with Gasteiger partial charge in [-0.25, -0.2) is 0 Å². The number of hydrogen-bond donors (Lipinski definition) is 0. The highest BCUT2D eigenvalue weighted by atomic mass is 16.3. The molecule has 10 rings (SSSR count). The van der Waals surface area contributed by atoms with E-state index in [1.807, 2.05) is 12.1 Å². The smallest absolute Gasteiger partial charge is 0.138 e. The van der Waals surface area contributed by atoms with E-state index >= 15 is 0 Å². The lowest BCUT2D eigenvalue weighted by Crippen LogP contribution is -2.09. The molecule has 9 aromatic carbocycles. The Morgan fingerprint density at radius 1 is 0.327 bits per heavy atom. The van der Waals surface area contributed by atoms with Crippen LogP contribution in [0, 0.1) is 6.92 Å². The number of anilines is 3. The summed E-state index contributed by atoms with van der Waals surface area (Å²) in [6.45, 7) is 2.14.